The summed E-state index contributed by atoms with van der Waals surface area (Å²) in [6.07, 6.45) is 1.93. The maximum Gasteiger partial charge on any atom is 0.214 e. The zero-order valence-electron chi connectivity index (χ0n) is 9.53. The van der Waals surface area contributed by atoms with Crippen LogP contribution in [0.3, 0.4) is 0 Å². The van der Waals surface area contributed by atoms with Crippen molar-refractivity contribution in [2.24, 2.45) is 5.41 Å². The number of nitrogens with zero attached hydrogens (tertiary/aromatic N) is 1. The van der Waals surface area contributed by atoms with Crippen LogP contribution in [0.25, 0.3) is 0 Å². The second-order valence-corrected chi connectivity index (χ2v) is 5.23. The fraction of sp³-hybridized carbons (Fsp3) is 0.462. The molecule has 0 spiro atoms. The van der Waals surface area contributed by atoms with Crippen LogP contribution >= 0.6 is 0 Å². The van der Waals surface area contributed by atoms with Gasteiger partial charge in [0.15, 0.2) is 0 Å². The number of para-hydroxylation sites is 1. The number of amides is 1. The average molecular weight is 203 g/mol. The molecule has 0 radical (unpaired) electrons. The fourth-order valence-corrected chi connectivity index (χ4v) is 2.26. The van der Waals surface area contributed by atoms with Gasteiger partial charge in [0.1, 0.15) is 0 Å². The van der Waals surface area contributed by atoms with E-state index in [-0.39, 0.29) is 11.5 Å². The number of benzene rings is 1. The summed E-state index contributed by atoms with van der Waals surface area (Å²) in [4.78, 5) is 13.0. The predicted octanol–water partition coefficient (Wildman–Crippen LogP) is 2.62. The molecule has 1 aliphatic rings. The van der Waals surface area contributed by atoms with Crippen LogP contribution in [0.2, 0.25) is 0 Å². The topological polar surface area (TPSA) is 20.3 Å². The molecular weight excluding hydrogens is 186 g/mol. The molecular formula is C13H17NO. The molecule has 2 heteroatoms. The minimum absolute atomic E-state index is 0.125. The number of carbonyl (C=O) groups excluding carboxylic acids is 1. The van der Waals surface area contributed by atoms with Crippen molar-refractivity contribution in [1.29, 1.82) is 0 Å². The summed E-state index contributed by atoms with van der Waals surface area (Å²) in [5, 5.41) is 0. The Hall–Kier alpha value is -1.31. The lowest BCUT2D eigenvalue weighted by Crippen LogP contribution is -2.41. The molecule has 1 aromatic rings. The number of hydrogen-bond acceptors (Lipinski definition) is 1. The van der Waals surface area contributed by atoms with E-state index in [0.717, 1.165) is 18.5 Å². The predicted molar refractivity (Wildman–Crippen MR) is 61.9 cm³/mol. The number of hydrogen-bond donors (Lipinski definition) is 0. The molecule has 0 bridgehead atoms. The van der Waals surface area contributed by atoms with E-state index < -0.39 is 0 Å². The van der Waals surface area contributed by atoms with Crippen LogP contribution in [-0.2, 0) is 11.2 Å². The van der Waals surface area contributed by atoms with Crippen molar-refractivity contribution in [2.45, 2.75) is 33.2 Å². The highest BCUT2D eigenvalue weighted by Crippen LogP contribution is 2.38. The molecule has 1 amide bonds. The number of rotatable bonds is 1. The third-order valence-corrected chi connectivity index (χ3v) is 3.13. The van der Waals surface area contributed by atoms with Gasteiger partial charge in [0.05, 0.1) is 0 Å². The number of anilines is 1. The van der Waals surface area contributed by atoms with E-state index in [1.807, 2.05) is 23.1 Å². The van der Waals surface area contributed by atoms with Gasteiger partial charge in [-0.25, -0.2) is 0 Å². The summed E-state index contributed by atoms with van der Waals surface area (Å²) in [6.45, 7) is 6.54. The normalized spacial score (nSPS) is 20.2. The minimum atomic E-state index is 0.125. The van der Waals surface area contributed by atoms with Crippen molar-refractivity contribution in [3.8, 4) is 0 Å². The van der Waals surface area contributed by atoms with Crippen LogP contribution in [0, 0.1) is 5.41 Å². The van der Waals surface area contributed by atoms with E-state index in [1.165, 1.54) is 5.56 Å². The van der Waals surface area contributed by atoms with Crippen LogP contribution in [0.5, 0.6) is 0 Å². The van der Waals surface area contributed by atoms with E-state index in [4.69, 9.17) is 0 Å². The quantitative estimate of drug-likeness (QED) is 0.642. The van der Waals surface area contributed by atoms with Crippen molar-refractivity contribution in [2.75, 3.05) is 4.90 Å². The molecule has 0 N–H and O–H groups in total. The first-order chi connectivity index (χ1) is 7.04. The lowest BCUT2D eigenvalue weighted by Gasteiger charge is -2.32. The van der Waals surface area contributed by atoms with E-state index in [1.54, 1.807) is 0 Å². The van der Waals surface area contributed by atoms with Gasteiger partial charge < -0.3 is 4.90 Å². The highest BCUT2D eigenvalue weighted by Gasteiger charge is 2.36. The molecule has 80 valence electrons. The molecule has 0 aromatic heterocycles. The first kappa shape index (κ1) is 10.2. The van der Waals surface area contributed by atoms with Gasteiger partial charge in [-0.05, 0) is 23.5 Å². The molecule has 0 fully saturated rings. The van der Waals surface area contributed by atoms with Gasteiger partial charge in [0.2, 0.25) is 6.41 Å². The Morgan fingerprint density at radius 3 is 2.60 bits per heavy atom. The van der Waals surface area contributed by atoms with Crippen molar-refractivity contribution in [3.63, 3.8) is 0 Å². The number of fused-ring (bicyclic) bond motifs is 1. The second kappa shape index (κ2) is 3.37. The van der Waals surface area contributed by atoms with Crippen LogP contribution in [-0.4, -0.2) is 12.5 Å². The SMILES string of the molecule is CC(C)(C)C1Cc2ccccc2N1C=O. The van der Waals surface area contributed by atoms with Crippen LogP contribution in [0.4, 0.5) is 5.69 Å². The molecule has 1 atom stereocenters. The fourth-order valence-electron chi connectivity index (χ4n) is 2.26. The lowest BCUT2D eigenvalue weighted by atomic mass is 9.84. The van der Waals surface area contributed by atoms with Gasteiger partial charge in [-0.2, -0.15) is 0 Å². The zero-order valence-corrected chi connectivity index (χ0v) is 9.53. The molecule has 0 saturated carbocycles. The molecule has 0 saturated heterocycles. The van der Waals surface area contributed by atoms with Gasteiger partial charge in [-0.3, -0.25) is 4.79 Å². The van der Waals surface area contributed by atoms with Gasteiger partial charge in [-0.15, -0.1) is 0 Å². The first-order valence-electron chi connectivity index (χ1n) is 5.35. The molecule has 15 heavy (non-hydrogen) atoms. The largest absolute Gasteiger partial charge is 0.311 e. The van der Waals surface area contributed by atoms with Crippen molar-refractivity contribution in [3.05, 3.63) is 29.8 Å². The van der Waals surface area contributed by atoms with E-state index in [9.17, 15) is 4.79 Å². The van der Waals surface area contributed by atoms with E-state index >= 15 is 0 Å². The molecule has 0 aliphatic carbocycles. The standard InChI is InChI=1S/C13H17NO/c1-13(2,3)12-8-10-6-4-5-7-11(10)14(12)9-15/h4-7,9,12H,8H2,1-3H3. The summed E-state index contributed by atoms with van der Waals surface area (Å²) in [5.74, 6) is 0. The van der Waals surface area contributed by atoms with Crippen molar-refractivity contribution >= 4 is 12.1 Å². The number of carbonyl (C=O) groups is 1. The molecule has 1 unspecified atom stereocenters. The van der Waals surface area contributed by atoms with E-state index in [2.05, 4.69) is 26.8 Å². The third kappa shape index (κ3) is 1.65. The Labute approximate surface area is 90.9 Å². The van der Waals surface area contributed by atoms with Crippen molar-refractivity contribution < 1.29 is 4.79 Å². The van der Waals surface area contributed by atoms with Gasteiger partial charge in [0, 0.05) is 11.7 Å². The summed E-state index contributed by atoms with van der Waals surface area (Å²) < 4.78 is 0. The van der Waals surface area contributed by atoms with Crippen LogP contribution < -0.4 is 4.90 Å². The Balaban J connectivity index is 2.41. The molecule has 2 rings (SSSR count). The van der Waals surface area contributed by atoms with E-state index in [0.29, 0.717) is 0 Å². The van der Waals surface area contributed by atoms with Gasteiger partial charge in [0.25, 0.3) is 0 Å². The monoisotopic (exact) mass is 203 g/mol. The van der Waals surface area contributed by atoms with Crippen LogP contribution in [0.15, 0.2) is 24.3 Å². The molecule has 1 aromatic carbocycles. The van der Waals surface area contributed by atoms with Gasteiger partial charge >= 0.3 is 0 Å². The first-order valence-corrected chi connectivity index (χ1v) is 5.35. The highest BCUT2D eigenvalue weighted by atomic mass is 16.1. The van der Waals surface area contributed by atoms with Crippen LogP contribution in [0.1, 0.15) is 26.3 Å². The highest BCUT2D eigenvalue weighted by molar-refractivity contribution is 5.81. The maximum absolute atomic E-state index is 11.2. The summed E-state index contributed by atoms with van der Waals surface area (Å²) in [7, 11) is 0. The molecule has 2 nitrogen and oxygen atoms in total. The smallest absolute Gasteiger partial charge is 0.214 e. The average Bonchev–Trinajstić information content (AvgIpc) is 2.55. The zero-order chi connectivity index (χ0) is 11.1. The summed E-state index contributed by atoms with van der Waals surface area (Å²) in [6, 6.07) is 8.44. The summed E-state index contributed by atoms with van der Waals surface area (Å²) >= 11 is 0. The molecule has 1 aliphatic heterocycles. The Morgan fingerprint density at radius 1 is 1.33 bits per heavy atom. The minimum Gasteiger partial charge on any atom is -0.311 e. The Bertz CT molecular complexity index is 378. The van der Waals surface area contributed by atoms with Crippen molar-refractivity contribution in [1.82, 2.24) is 0 Å². The second-order valence-electron chi connectivity index (χ2n) is 5.23. The lowest BCUT2D eigenvalue weighted by molar-refractivity contribution is -0.108. The molecule has 1 heterocycles. The summed E-state index contributed by atoms with van der Waals surface area (Å²) in [5.41, 5.74) is 2.48. The Kier molecular flexibility index (Phi) is 2.29. The maximum atomic E-state index is 11.2. The third-order valence-electron chi connectivity index (χ3n) is 3.13. The van der Waals surface area contributed by atoms with Gasteiger partial charge in [-0.1, -0.05) is 39.0 Å². The Morgan fingerprint density at radius 2 is 2.00 bits per heavy atom.